The van der Waals surface area contributed by atoms with Crippen LogP contribution < -0.4 is 0 Å². The highest BCUT2D eigenvalue weighted by Crippen LogP contribution is 2.40. The molecule has 0 aromatic heterocycles. The molecule has 3 aromatic carbocycles. The number of carbonyl (C=O) groups excluding carboxylic acids is 1. The molecule has 0 bridgehead atoms. The Bertz CT molecular complexity index is 1220. The van der Waals surface area contributed by atoms with Crippen LogP contribution in [0.1, 0.15) is 49.8 Å². The van der Waals surface area contributed by atoms with Gasteiger partial charge in [-0.3, -0.25) is 4.79 Å². The Hall–Kier alpha value is -3.23. The summed E-state index contributed by atoms with van der Waals surface area (Å²) in [4.78, 5) is 12.4. The van der Waals surface area contributed by atoms with E-state index >= 15 is 0 Å². The van der Waals surface area contributed by atoms with Gasteiger partial charge in [-0.05, 0) is 83.5 Å². The van der Waals surface area contributed by atoms with Crippen molar-refractivity contribution in [1.82, 2.24) is 0 Å². The van der Waals surface area contributed by atoms with Crippen molar-refractivity contribution in [2.24, 2.45) is 5.92 Å². The van der Waals surface area contributed by atoms with Gasteiger partial charge in [0.2, 0.25) is 0 Å². The number of hydrogen-bond acceptors (Lipinski definition) is 1. The smallest absolute Gasteiger partial charge is 0.299 e. The monoisotopic (exact) mass is 514 g/mol. The average Bonchev–Trinajstić information content (AvgIpc) is 2.74. The molecule has 0 saturated heterocycles. The summed E-state index contributed by atoms with van der Waals surface area (Å²) >= 11 is 0. The maximum absolute atomic E-state index is 13.9. The molecule has 192 valence electrons. The van der Waals surface area contributed by atoms with E-state index in [1.54, 1.807) is 0 Å². The summed E-state index contributed by atoms with van der Waals surface area (Å²) in [5.41, 5.74) is -2.97. The number of carbonyl (C=O) groups is 1. The number of ketones is 1. The molecule has 0 fully saturated rings. The summed E-state index contributed by atoms with van der Waals surface area (Å²) in [6.45, 7) is 5.03. The van der Waals surface area contributed by atoms with Crippen LogP contribution in [0.2, 0.25) is 0 Å². The zero-order valence-corrected chi connectivity index (χ0v) is 19.5. The van der Waals surface area contributed by atoms with Crippen molar-refractivity contribution in [2.75, 3.05) is 0 Å². The molecule has 0 heterocycles. The van der Waals surface area contributed by atoms with Gasteiger partial charge in [0, 0.05) is 12.0 Å². The van der Waals surface area contributed by atoms with E-state index in [0.717, 1.165) is 12.1 Å². The fourth-order valence-electron chi connectivity index (χ4n) is 4.04. The number of halogens is 8. The summed E-state index contributed by atoms with van der Waals surface area (Å²) in [5, 5.41) is 0. The quantitative estimate of drug-likeness (QED) is 0.300. The normalized spacial score (nSPS) is 13.2. The molecule has 36 heavy (non-hydrogen) atoms. The van der Waals surface area contributed by atoms with E-state index in [4.69, 9.17) is 0 Å². The van der Waals surface area contributed by atoms with Gasteiger partial charge in [-0.2, -0.15) is 26.3 Å². The fraction of sp³-hybridized carbons (Fsp3) is 0.296. The van der Waals surface area contributed by atoms with Gasteiger partial charge in [0.05, 0.1) is 11.1 Å². The van der Waals surface area contributed by atoms with E-state index < -0.39 is 46.6 Å². The Kier molecular flexibility index (Phi) is 7.62. The molecule has 3 rings (SSSR count). The molecule has 0 aliphatic carbocycles. The van der Waals surface area contributed by atoms with Crippen LogP contribution >= 0.6 is 0 Å². The Labute approximate surface area is 202 Å². The third-order valence-corrected chi connectivity index (χ3v) is 5.67. The van der Waals surface area contributed by atoms with Crippen LogP contribution in [0, 0.1) is 17.6 Å². The molecule has 3 aromatic rings. The molecule has 0 spiro atoms. The van der Waals surface area contributed by atoms with Crippen LogP contribution in [0.4, 0.5) is 35.1 Å². The van der Waals surface area contributed by atoms with Crippen molar-refractivity contribution in [2.45, 2.75) is 45.5 Å². The van der Waals surface area contributed by atoms with Gasteiger partial charge in [0.25, 0.3) is 0 Å². The minimum Gasteiger partial charge on any atom is -0.299 e. The zero-order valence-electron chi connectivity index (χ0n) is 19.5. The minimum absolute atomic E-state index is 0.0190. The first-order valence-electron chi connectivity index (χ1n) is 11.0. The standard InChI is InChI=1S/C27H22F8O/c1-14(2)4-25(15(3)36)20-6-16(5-17(7-20)19-10-23(28)13-24(29)11-19)18-8-21(26(30,31)32)12-22(9-18)27(33,34)35/h5-14,25H,4H2,1-3H3. The van der Waals surface area contributed by atoms with Gasteiger partial charge < -0.3 is 0 Å². The molecular formula is C27H22F8O. The highest BCUT2D eigenvalue weighted by molar-refractivity contribution is 5.85. The Morgan fingerprint density at radius 2 is 1.08 bits per heavy atom. The molecule has 0 amide bonds. The van der Waals surface area contributed by atoms with Crippen LogP contribution in [-0.2, 0) is 17.1 Å². The van der Waals surface area contributed by atoms with Crippen molar-refractivity contribution in [3.63, 3.8) is 0 Å². The minimum atomic E-state index is -5.05. The number of benzene rings is 3. The SMILES string of the molecule is CC(=O)C(CC(C)C)c1cc(-c2cc(F)cc(F)c2)cc(-c2cc(C(F)(F)F)cc(C(F)(F)F)c2)c1. The fourth-order valence-corrected chi connectivity index (χ4v) is 4.04. The molecule has 0 aliphatic heterocycles. The predicted molar refractivity (Wildman–Crippen MR) is 120 cm³/mol. The van der Waals surface area contributed by atoms with Crippen molar-refractivity contribution in [1.29, 1.82) is 0 Å². The largest absolute Gasteiger partial charge is 0.416 e. The third-order valence-electron chi connectivity index (χ3n) is 5.67. The second kappa shape index (κ2) is 10.0. The summed E-state index contributed by atoms with van der Waals surface area (Å²) in [5.74, 6) is -2.79. The lowest BCUT2D eigenvalue weighted by Gasteiger charge is -2.20. The lowest BCUT2D eigenvalue weighted by Crippen LogP contribution is -2.12. The zero-order chi connectivity index (χ0) is 27.0. The van der Waals surface area contributed by atoms with E-state index in [9.17, 15) is 39.9 Å². The van der Waals surface area contributed by atoms with Gasteiger partial charge in [-0.25, -0.2) is 8.78 Å². The number of alkyl halides is 6. The molecular weight excluding hydrogens is 492 g/mol. The molecule has 0 saturated carbocycles. The summed E-state index contributed by atoms with van der Waals surface area (Å²) in [6.07, 6.45) is -9.75. The third kappa shape index (κ3) is 6.50. The molecule has 1 atom stereocenters. The molecule has 0 aliphatic rings. The van der Waals surface area contributed by atoms with E-state index in [-0.39, 0.29) is 34.5 Å². The molecule has 0 N–H and O–H groups in total. The summed E-state index contributed by atoms with van der Waals surface area (Å²) < 4.78 is 109. The van der Waals surface area contributed by atoms with Crippen molar-refractivity contribution < 1.29 is 39.9 Å². The van der Waals surface area contributed by atoms with Crippen molar-refractivity contribution in [3.05, 3.63) is 82.9 Å². The van der Waals surface area contributed by atoms with E-state index in [1.165, 1.54) is 25.1 Å². The lowest BCUT2D eigenvalue weighted by molar-refractivity contribution is -0.143. The van der Waals surface area contributed by atoms with Gasteiger partial charge >= 0.3 is 12.4 Å². The van der Waals surface area contributed by atoms with E-state index in [2.05, 4.69) is 0 Å². The van der Waals surface area contributed by atoms with Gasteiger partial charge in [-0.1, -0.05) is 26.0 Å². The summed E-state index contributed by atoms with van der Waals surface area (Å²) in [6, 6.07) is 7.87. The molecule has 0 radical (unpaired) electrons. The van der Waals surface area contributed by atoms with Crippen LogP contribution in [0.5, 0.6) is 0 Å². The van der Waals surface area contributed by atoms with Crippen molar-refractivity contribution >= 4 is 5.78 Å². The second-order valence-corrected chi connectivity index (χ2v) is 9.09. The topological polar surface area (TPSA) is 17.1 Å². The lowest BCUT2D eigenvalue weighted by atomic mass is 9.84. The Morgan fingerprint density at radius 3 is 1.47 bits per heavy atom. The van der Waals surface area contributed by atoms with E-state index in [0.29, 0.717) is 30.2 Å². The van der Waals surface area contributed by atoms with Crippen LogP contribution in [0.25, 0.3) is 22.3 Å². The first-order valence-corrected chi connectivity index (χ1v) is 11.0. The first kappa shape index (κ1) is 27.4. The molecule has 1 unspecified atom stereocenters. The average molecular weight is 514 g/mol. The van der Waals surface area contributed by atoms with E-state index in [1.807, 2.05) is 13.8 Å². The summed E-state index contributed by atoms with van der Waals surface area (Å²) in [7, 11) is 0. The number of rotatable bonds is 6. The van der Waals surface area contributed by atoms with Crippen LogP contribution in [0.3, 0.4) is 0 Å². The van der Waals surface area contributed by atoms with Crippen LogP contribution in [0.15, 0.2) is 54.6 Å². The maximum atomic E-state index is 13.9. The highest BCUT2D eigenvalue weighted by Gasteiger charge is 2.37. The van der Waals surface area contributed by atoms with Gasteiger partial charge in [-0.15, -0.1) is 0 Å². The first-order chi connectivity index (χ1) is 16.5. The maximum Gasteiger partial charge on any atom is 0.416 e. The number of Topliss-reactive ketones (excluding diaryl/α,β-unsaturated/α-hetero) is 1. The second-order valence-electron chi connectivity index (χ2n) is 9.09. The molecule has 9 heteroatoms. The van der Waals surface area contributed by atoms with Gasteiger partial charge in [0.1, 0.15) is 17.4 Å². The molecule has 1 nitrogen and oxygen atoms in total. The van der Waals surface area contributed by atoms with Crippen molar-refractivity contribution in [3.8, 4) is 22.3 Å². The predicted octanol–water partition coefficient (Wildman–Crippen LogP) is 9.06. The number of hydrogen-bond donors (Lipinski definition) is 0. The van der Waals surface area contributed by atoms with Crippen LogP contribution in [-0.4, -0.2) is 5.78 Å². The van der Waals surface area contributed by atoms with Gasteiger partial charge in [0.15, 0.2) is 0 Å². The Balaban J connectivity index is 2.35. The highest BCUT2D eigenvalue weighted by atomic mass is 19.4. The Morgan fingerprint density at radius 1 is 0.667 bits per heavy atom.